The molecule has 0 unspecified atom stereocenters. The second kappa shape index (κ2) is 5.94. The van der Waals surface area contributed by atoms with Gasteiger partial charge in [-0.1, -0.05) is 12.8 Å². The summed E-state index contributed by atoms with van der Waals surface area (Å²) in [5.41, 5.74) is 0.336. The summed E-state index contributed by atoms with van der Waals surface area (Å²) in [6, 6.07) is 2.58. The number of nitrogens with zero attached hydrogens (tertiary/aromatic N) is 2. The number of carbonyl (C=O) groups is 2. The molecule has 6 nitrogen and oxygen atoms in total. The van der Waals surface area contributed by atoms with Crippen molar-refractivity contribution in [3.8, 4) is 5.88 Å². The molecule has 1 aliphatic heterocycles. The number of carboxylic acid groups (broad SMARTS) is 1. The molecule has 118 valence electrons. The Kier molecular flexibility index (Phi) is 4.00. The Balaban J connectivity index is 1.95. The largest absolute Gasteiger partial charge is 0.480 e. The lowest BCUT2D eigenvalue weighted by Crippen LogP contribution is -2.46. The van der Waals surface area contributed by atoms with E-state index in [1.165, 1.54) is 7.11 Å². The van der Waals surface area contributed by atoms with E-state index >= 15 is 0 Å². The number of pyridine rings is 1. The number of aliphatic carboxylic acids is 1. The molecule has 0 aromatic carbocycles. The van der Waals surface area contributed by atoms with Crippen LogP contribution in [-0.2, 0) is 4.79 Å². The molecule has 3 rings (SSSR count). The predicted octanol–water partition coefficient (Wildman–Crippen LogP) is 1.95. The lowest BCUT2D eigenvalue weighted by molar-refractivity contribution is -0.141. The highest BCUT2D eigenvalue weighted by molar-refractivity contribution is 5.99. The van der Waals surface area contributed by atoms with Crippen molar-refractivity contribution >= 4 is 11.9 Å². The first-order valence-electron chi connectivity index (χ1n) is 7.68. The van der Waals surface area contributed by atoms with Crippen molar-refractivity contribution < 1.29 is 19.4 Å². The summed E-state index contributed by atoms with van der Waals surface area (Å²) in [7, 11) is 1.46. The van der Waals surface area contributed by atoms with Crippen LogP contribution in [0.3, 0.4) is 0 Å². The van der Waals surface area contributed by atoms with Crippen molar-refractivity contribution in [3.63, 3.8) is 0 Å². The van der Waals surface area contributed by atoms with Crippen molar-refractivity contribution in [1.82, 2.24) is 9.88 Å². The number of ether oxygens (including phenoxy) is 1. The summed E-state index contributed by atoms with van der Waals surface area (Å²) in [4.78, 5) is 30.2. The van der Waals surface area contributed by atoms with Crippen LogP contribution in [0.5, 0.6) is 5.88 Å². The number of methoxy groups -OCH3 is 1. The molecule has 1 saturated carbocycles. The maximum atomic E-state index is 12.9. The van der Waals surface area contributed by atoms with Crippen LogP contribution < -0.4 is 4.74 Å². The highest BCUT2D eigenvalue weighted by atomic mass is 16.5. The van der Waals surface area contributed by atoms with Crippen LogP contribution >= 0.6 is 0 Å². The molecule has 0 spiro atoms. The minimum atomic E-state index is -0.925. The van der Waals surface area contributed by atoms with Gasteiger partial charge in [-0.2, -0.15) is 0 Å². The first-order valence-corrected chi connectivity index (χ1v) is 7.68. The molecule has 1 aliphatic carbocycles. The lowest BCUT2D eigenvalue weighted by Gasteiger charge is -2.33. The third-order valence-corrected chi connectivity index (χ3v) is 4.80. The van der Waals surface area contributed by atoms with Crippen LogP contribution in [0.15, 0.2) is 18.3 Å². The van der Waals surface area contributed by atoms with E-state index in [0.29, 0.717) is 17.9 Å². The molecular weight excluding hydrogens is 284 g/mol. The van der Waals surface area contributed by atoms with Gasteiger partial charge in [0.2, 0.25) is 5.88 Å². The maximum absolute atomic E-state index is 12.9. The molecule has 22 heavy (non-hydrogen) atoms. The fourth-order valence-corrected chi connectivity index (χ4v) is 3.83. The van der Waals surface area contributed by atoms with Gasteiger partial charge in [0.05, 0.1) is 7.11 Å². The van der Waals surface area contributed by atoms with E-state index in [0.717, 1.165) is 25.7 Å². The molecule has 0 bridgehead atoms. The van der Waals surface area contributed by atoms with Gasteiger partial charge < -0.3 is 14.7 Å². The average molecular weight is 304 g/mol. The fraction of sp³-hybridized carbons (Fsp3) is 0.562. The molecule has 0 radical (unpaired) electrons. The van der Waals surface area contributed by atoms with Gasteiger partial charge in [-0.05, 0) is 37.3 Å². The third kappa shape index (κ3) is 2.42. The minimum absolute atomic E-state index is 0.0206. The molecule has 6 heteroatoms. The van der Waals surface area contributed by atoms with Gasteiger partial charge in [0, 0.05) is 12.2 Å². The highest BCUT2D eigenvalue weighted by Crippen LogP contribution is 2.41. The molecule has 3 atom stereocenters. The number of aromatic nitrogens is 1. The van der Waals surface area contributed by atoms with Crippen molar-refractivity contribution in [2.45, 2.75) is 44.2 Å². The first-order chi connectivity index (χ1) is 10.6. The second-order valence-electron chi connectivity index (χ2n) is 5.97. The highest BCUT2D eigenvalue weighted by Gasteiger charge is 2.48. The molecule has 1 N–H and O–H groups in total. The topological polar surface area (TPSA) is 79.7 Å². The van der Waals surface area contributed by atoms with Gasteiger partial charge in [-0.3, -0.25) is 4.79 Å². The van der Waals surface area contributed by atoms with E-state index in [4.69, 9.17) is 4.74 Å². The number of carboxylic acids is 1. The minimum Gasteiger partial charge on any atom is -0.480 e. The van der Waals surface area contributed by atoms with E-state index in [1.807, 2.05) is 0 Å². The molecule has 1 aromatic rings. The van der Waals surface area contributed by atoms with E-state index in [9.17, 15) is 14.7 Å². The molecule has 2 heterocycles. The number of rotatable bonds is 3. The second-order valence-corrected chi connectivity index (χ2v) is 5.97. The zero-order valence-electron chi connectivity index (χ0n) is 12.6. The summed E-state index contributed by atoms with van der Waals surface area (Å²) in [5, 5.41) is 9.51. The lowest BCUT2D eigenvalue weighted by atomic mass is 9.84. The summed E-state index contributed by atoms with van der Waals surface area (Å²) < 4.78 is 5.15. The Morgan fingerprint density at radius 3 is 2.86 bits per heavy atom. The molecule has 1 saturated heterocycles. The molecular formula is C16H20N2O4. The van der Waals surface area contributed by atoms with E-state index < -0.39 is 12.0 Å². The maximum Gasteiger partial charge on any atom is 0.326 e. The van der Waals surface area contributed by atoms with Gasteiger partial charge in [0.1, 0.15) is 11.6 Å². The number of amides is 1. The smallest absolute Gasteiger partial charge is 0.326 e. The zero-order valence-corrected chi connectivity index (χ0v) is 12.6. The summed E-state index contributed by atoms with van der Waals surface area (Å²) in [5.74, 6) is -0.672. The average Bonchev–Trinajstić information content (AvgIpc) is 2.94. The molecule has 2 aliphatic rings. The number of carbonyl (C=O) groups excluding carboxylic acids is 1. The van der Waals surface area contributed by atoms with Crippen molar-refractivity contribution in [1.29, 1.82) is 0 Å². The SMILES string of the molecule is COc1ncccc1C(=O)N1[C@H](C(=O)O)C[C@@H]2CCCC[C@@H]21. The summed E-state index contributed by atoms with van der Waals surface area (Å²) >= 11 is 0. The van der Waals surface area contributed by atoms with Crippen LogP contribution in [0, 0.1) is 5.92 Å². The molecule has 1 amide bonds. The molecule has 1 aromatic heterocycles. The van der Waals surface area contributed by atoms with Crippen LogP contribution in [-0.4, -0.2) is 46.1 Å². The quantitative estimate of drug-likeness (QED) is 0.923. The van der Waals surface area contributed by atoms with Crippen molar-refractivity contribution in [2.24, 2.45) is 5.92 Å². The fourth-order valence-electron chi connectivity index (χ4n) is 3.83. The Morgan fingerprint density at radius 1 is 1.36 bits per heavy atom. The Labute approximate surface area is 129 Å². The van der Waals surface area contributed by atoms with Gasteiger partial charge in [-0.25, -0.2) is 9.78 Å². The van der Waals surface area contributed by atoms with Crippen molar-refractivity contribution in [2.75, 3.05) is 7.11 Å². The van der Waals surface area contributed by atoms with Gasteiger partial charge in [0.15, 0.2) is 0 Å². The van der Waals surface area contributed by atoms with E-state index in [-0.39, 0.29) is 17.8 Å². The van der Waals surface area contributed by atoms with Crippen LogP contribution in [0.1, 0.15) is 42.5 Å². The number of hydrogen-bond acceptors (Lipinski definition) is 4. The Morgan fingerprint density at radius 2 is 2.14 bits per heavy atom. The molecule has 2 fully saturated rings. The van der Waals surface area contributed by atoms with Gasteiger partial charge >= 0.3 is 5.97 Å². The number of fused-ring (bicyclic) bond motifs is 1. The Hall–Kier alpha value is -2.11. The normalized spacial score (nSPS) is 27.3. The number of hydrogen-bond donors (Lipinski definition) is 1. The summed E-state index contributed by atoms with van der Waals surface area (Å²) in [6.07, 6.45) is 6.14. The van der Waals surface area contributed by atoms with Gasteiger partial charge in [-0.15, -0.1) is 0 Å². The van der Waals surface area contributed by atoms with E-state index in [2.05, 4.69) is 4.98 Å². The predicted molar refractivity (Wildman–Crippen MR) is 78.7 cm³/mol. The van der Waals surface area contributed by atoms with Crippen LogP contribution in [0.2, 0.25) is 0 Å². The van der Waals surface area contributed by atoms with Crippen LogP contribution in [0.4, 0.5) is 0 Å². The van der Waals surface area contributed by atoms with E-state index in [1.54, 1.807) is 23.2 Å². The monoisotopic (exact) mass is 304 g/mol. The van der Waals surface area contributed by atoms with Gasteiger partial charge in [0.25, 0.3) is 5.91 Å². The summed E-state index contributed by atoms with van der Waals surface area (Å²) in [6.45, 7) is 0. The number of likely N-dealkylation sites (tertiary alicyclic amines) is 1. The zero-order chi connectivity index (χ0) is 15.7. The van der Waals surface area contributed by atoms with Crippen molar-refractivity contribution in [3.05, 3.63) is 23.9 Å². The third-order valence-electron chi connectivity index (χ3n) is 4.80. The first kappa shape index (κ1) is 14.8. The Bertz CT molecular complexity index is 589. The van der Waals surface area contributed by atoms with Crippen LogP contribution in [0.25, 0.3) is 0 Å². The standard InChI is InChI=1S/C16H20N2O4/c1-22-14-11(6-4-8-17-14)15(19)18-12-7-3-2-5-10(12)9-13(18)16(20)21/h4,6,8,10,12-13H,2-3,5,7,9H2,1H3,(H,20,21)/t10-,12-,13-/m0/s1.